The summed E-state index contributed by atoms with van der Waals surface area (Å²) in [5, 5.41) is 6.39. The molecular formula is C21H33IN6O2. The fraction of sp³-hybridized carbons (Fsp3) is 0.571. The number of alkyl carbamates (subject to hydrolysis) is 1. The van der Waals surface area contributed by atoms with Gasteiger partial charge in [-0.2, -0.15) is 0 Å². The van der Waals surface area contributed by atoms with E-state index in [4.69, 9.17) is 4.74 Å². The van der Waals surface area contributed by atoms with Crippen molar-refractivity contribution >= 4 is 47.1 Å². The predicted molar refractivity (Wildman–Crippen MR) is 131 cm³/mol. The van der Waals surface area contributed by atoms with E-state index < -0.39 is 5.60 Å². The van der Waals surface area contributed by atoms with Gasteiger partial charge in [0.1, 0.15) is 11.4 Å². The third-order valence-electron chi connectivity index (χ3n) is 4.88. The number of likely N-dealkylation sites (tertiary alicyclic amines) is 1. The molecule has 0 spiro atoms. The van der Waals surface area contributed by atoms with E-state index in [2.05, 4.69) is 36.1 Å². The minimum absolute atomic E-state index is 0. The van der Waals surface area contributed by atoms with Gasteiger partial charge in [-0.25, -0.2) is 9.78 Å². The summed E-state index contributed by atoms with van der Waals surface area (Å²) < 4.78 is 7.57. The first-order valence-corrected chi connectivity index (χ1v) is 10.1. The fourth-order valence-corrected chi connectivity index (χ4v) is 3.63. The molecule has 8 nitrogen and oxygen atoms in total. The molecule has 1 aliphatic rings. The number of aryl methyl sites for hydroxylation is 1. The van der Waals surface area contributed by atoms with Crippen LogP contribution in [0.5, 0.6) is 0 Å². The van der Waals surface area contributed by atoms with Crippen molar-refractivity contribution in [1.29, 1.82) is 0 Å². The molecule has 30 heavy (non-hydrogen) atoms. The Labute approximate surface area is 195 Å². The highest BCUT2D eigenvalue weighted by Gasteiger charge is 2.27. The molecule has 0 saturated carbocycles. The average Bonchev–Trinajstić information content (AvgIpc) is 3.21. The highest BCUT2D eigenvalue weighted by atomic mass is 127. The van der Waals surface area contributed by atoms with Crippen molar-refractivity contribution < 1.29 is 9.53 Å². The van der Waals surface area contributed by atoms with Crippen molar-refractivity contribution in [1.82, 2.24) is 25.1 Å². The number of guanidine groups is 1. The molecule has 9 heteroatoms. The van der Waals surface area contributed by atoms with E-state index in [1.807, 2.05) is 45.9 Å². The standard InChI is InChI=1S/C21H32N6O2.HI/c1-15-24-17-8-6-7-9-18(17)27(15)13-11-23-19(22-5)26-12-10-16(14-26)25-20(28)29-21(2,3)4;/h6-9,16H,10-14H2,1-5H3,(H,22,23)(H,25,28);1H. The number of aromatic nitrogens is 2. The number of halogens is 1. The number of nitrogens with one attached hydrogen (secondary N) is 2. The number of ether oxygens (including phenoxy) is 1. The minimum atomic E-state index is -0.490. The van der Waals surface area contributed by atoms with Crippen molar-refractivity contribution in [3.63, 3.8) is 0 Å². The molecule has 1 fully saturated rings. The second-order valence-electron chi connectivity index (χ2n) is 8.35. The number of nitrogens with zero attached hydrogens (tertiary/aromatic N) is 4. The second-order valence-corrected chi connectivity index (χ2v) is 8.35. The van der Waals surface area contributed by atoms with Crippen LogP contribution in [0.1, 0.15) is 33.0 Å². The number of hydrogen-bond acceptors (Lipinski definition) is 4. The van der Waals surface area contributed by atoms with Gasteiger partial charge < -0.3 is 24.8 Å². The number of amides is 1. The average molecular weight is 528 g/mol. The van der Waals surface area contributed by atoms with Crippen molar-refractivity contribution in [2.45, 2.75) is 52.3 Å². The molecular weight excluding hydrogens is 495 g/mol. The Kier molecular flexibility index (Phi) is 8.34. The molecule has 1 unspecified atom stereocenters. The van der Waals surface area contributed by atoms with Crippen LogP contribution in [-0.2, 0) is 11.3 Å². The van der Waals surface area contributed by atoms with E-state index in [1.54, 1.807) is 7.05 Å². The Morgan fingerprint density at radius 1 is 1.33 bits per heavy atom. The van der Waals surface area contributed by atoms with Crippen LogP contribution in [0.3, 0.4) is 0 Å². The Balaban J connectivity index is 0.00000320. The molecule has 1 atom stereocenters. The number of imidazole rings is 1. The van der Waals surface area contributed by atoms with Gasteiger partial charge in [0.15, 0.2) is 5.96 Å². The van der Waals surface area contributed by atoms with Gasteiger partial charge in [0.2, 0.25) is 0 Å². The van der Waals surface area contributed by atoms with Gasteiger partial charge >= 0.3 is 6.09 Å². The Hall–Kier alpha value is -2.04. The van der Waals surface area contributed by atoms with Crippen LogP contribution < -0.4 is 10.6 Å². The van der Waals surface area contributed by atoms with Crippen LogP contribution in [-0.4, -0.2) is 64.8 Å². The van der Waals surface area contributed by atoms with Crippen molar-refractivity contribution in [2.75, 3.05) is 26.7 Å². The van der Waals surface area contributed by atoms with Gasteiger partial charge in [0, 0.05) is 33.2 Å². The Morgan fingerprint density at radius 3 is 2.77 bits per heavy atom. The van der Waals surface area contributed by atoms with E-state index in [0.717, 1.165) is 48.9 Å². The van der Waals surface area contributed by atoms with Crippen LogP contribution in [0.15, 0.2) is 29.3 Å². The molecule has 2 N–H and O–H groups in total. The maximum absolute atomic E-state index is 12.0. The molecule has 0 aliphatic carbocycles. The lowest BCUT2D eigenvalue weighted by Crippen LogP contribution is -2.44. The van der Waals surface area contributed by atoms with E-state index in [9.17, 15) is 4.79 Å². The smallest absolute Gasteiger partial charge is 0.407 e. The summed E-state index contributed by atoms with van der Waals surface area (Å²) in [6, 6.07) is 8.23. The molecule has 0 bridgehead atoms. The summed E-state index contributed by atoms with van der Waals surface area (Å²) in [4.78, 5) is 23.2. The lowest BCUT2D eigenvalue weighted by Gasteiger charge is -2.23. The van der Waals surface area contributed by atoms with E-state index in [-0.39, 0.29) is 36.1 Å². The maximum atomic E-state index is 12.0. The fourth-order valence-electron chi connectivity index (χ4n) is 3.63. The number of rotatable bonds is 4. The van der Waals surface area contributed by atoms with E-state index >= 15 is 0 Å². The zero-order valence-corrected chi connectivity index (χ0v) is 20.8. The number of aliphatic imine (C=N–C) groups is 1. The van der Waals surface area contributed by atoms with Crippen molar-refractivity contribution in [3.05, 3.63) is 30.1 Å². The maximum Gasteiger partial charge on any atom is 0.407 e. The van der Waals surface area contributed by atoms with Crippen LogP contribution >= 0.6 is 24.0 Å². The first kappa shape index (κ1) is 24.2. The first-order chi connectivity index (χ1) is 13.8. The third-order valence-corrected chi connectivity index (χ3v) is 4.88. The number of carbonyl (C=O) groups excluding carboxylic acids is 1. The number of fused-ring (bicyclic) bond motifs is 1. The zero-order valence-electron chi connectivity index (χ0n) is 18.4. The second kappa shape index (κ2) is 10.3. The molecule has 1 aliphatic heterocycles. The molecule has 2 heterocycles. The molecule has 0 radical (unpaired) electrons. The molecule has 1 aromatic carbocycles. The van der Waals surface area contributed by atoms with E-state index in [1.165, 1.54) is 0 Å². The van der Waals surface area contributed by atoms with Gasteiger partial charge in [0.25, 0.3) is 0 Å². The number of benzene rings is 1. The summed E-state index contributed by atoms with van der Waals surface area (Å²) in [7, 11) is 1.79. The summed E-state index contributed by atoms with van der Waals surface area (Å²) in [5.41, 5.74) is 1.67. The normalized spacial score (nSPS) is 17.0. The highest BCUT2D eigenvalue weighted by molar-refractivity contribution is 14.0. The van der Waals surface area contributed by atoms with Crippen LogP contribution in [0.25, 0.3) is 11.0 Å². The summed E-state index contributed by atoms with van der Waals surface area (Å²) >= 11 is 0. The largest absolute Gasteiger partial charge is 0.444 e. The lowest BCUT2D eigenvalue weighted by atomic mass is 10.2. The highest BCUT2D eigenvalue weighted by Crippen LogP contribution is 2.15. The summed E-state index contributed by atoms with van der Waals surface area (Å²) in [6.45, 7) is 10.7. The predicted octanol–water partition coefficient (Wildman–Crippen LogP) is 3.14. The summed E-state index contributed by atoms with van der Waals surface area (Å²) in [5.74, 6) is 1.85. The first-order valence-electron chi connectivity index (χ1n) is 10.1. The molecule has 166 valence electrons. The molecule has 1 amide bonds. The Bertz CT molecular complexity index is 889. The number of carbonyl (C=O) groups is 1. The van der Waals surface area contributed by atoms with Gasteiger partial charge in [-0.3, -0.25) is 4.99 Å². The molecule has 1 aromatic heterocycles. The monoisotopic (exact) mass is 528 g/mol. The van der Waals surface area contributed by atoms with Crippen molar-refractivity contribution in [2.24, 2.45) is 4.99 Å². The number of para-hydroxylation sites is 2. The topological polar surface area (TPSA) is 83.8 Å². The van der Waals surface area contributed by atoms with Crippen molar-refractivity contribution in [3.8, 4) is 0 Å². The number of hydrogen-bond donors (Lipinski definition) is 2. The SMILES string of the molecule is CN=C(NCCn1c(C)nc2ccccc21)N1CCC(NC(=O)OC(C)(C)C)C1.I. The van der Waals surface area contributed by atoms with Gasteiger partial charge in [-0.1, -0.05) is 12.1 Å². The van der Waals surface area contributed by atoms with E-state index in [0.29, 0.717) is 6.54 Å². The molecule has 2 aromatic rings. The minimum Gasteiger partial charge on any atom is -0.444 e. The third kappa shape index (κ3) is 6.23. The van der Waals surface area contributed by atoms with Gasteiger partial charge in [0.05, 0.1) is 17.1 Å². The Morgan fingerprint density at radius 2 is 2.07 bits per heavy atom. The summed E-state index contributed by atoms with van der Waals surface area (Å²) in [6.07, 6.45) is 0.500. The molecule has 1 saturated heterocycles. The van der Waals surface area contributed by atoms with Crippen LogP contribution in [0.2, 0.25) is 0 Å². The lowest BCUT2D eigenvalue weighted by molar-refractivity contribution is 0.0507. The van der Waals surface area contributed by atoms with Gasteiger partial charge in [-0.15, -0.1) is 24.0 Å². The quantitative estimate of drug-likeness (QED) is 0.362. The zero-order chi connectivity index (χ0) is 21.0. The van der Waals surface area contributed by atoms with Crippen LogP contribution in [0.4, 0.5) is 4.79 Å². The van der Waals surface area contributed by atoms with Gasteiger partial charge in [-0.05, 0) is 46.2 Å². The van der Waals surface area contributed by atoms with Crippen LogP contribution in [0, 0.1) is 6.92 Å². The molecule has 3 rings (SSSR count).